The Kier molecular flexibility index (Phi) is 8.06. The molecule has 6 nitrogen and oxygen atoms in total. The van der Waals surface area contributed by atoms with Gasteiger partial charge in [-0.2, -0.15) is 0 Å². The van der Waals surface area contributed by atoms with Gasteiger partial charge in [0, 0.05) is 30.7 Å². The molecule has 2 aromatic heterocycles. The van der Waals surface area contributed by atoms with Crippen LogP contribution in [0.5, 0.6) is 5.75 Å². The van der Waals surface area contributed by atoms with Gasteiger partial charge in [0.15, 0.2) is 5.89 Å². The smallest absolute Gasteiger partial charge is 0.329 e. The van der Waals surface area contributed by atoms with Crippen LogP contribution >= 0.6 is 0 Å². The van der Waals surface area contributed by atoms with Gasteiger partial charge in [0.1, 0.15) is 17.6 Å². The standard InChI is InChI=1S/C30H32N2O4/c1-5-9-29-31-26(22(3)36-29)18-19-35-25-15-13-23(14-16-25)20-28(30(33)34-4)32-21(2)12-17-27(32)24-10-7-6-8-11-24/h5-8,10-17,28H,1,9,18-20H2,2-4H3. The van der Waals surface area contributed by atoms with E-state index < -0.39 is 6.04 Å². The topological polar surface area (TPSA) is 66.5 Å². The lowest BCUT2D eigenvalue weighted by atomic mass is 10.0. The van der Waals surface area contributed by atoms with E-state index >= 15 is 0 Å². The van der Waals surface area contributed by atoms with E-state index in [1.54, 1.807) is 6.08 Å². The number of esters is 1. The van der Waals surface area contributed by atoms with Gasteiger partial charge in [0.05, 0.1) is 19.4 Å². The number of hydrogen-bond donors (Lipinski definition) is 0. The monoisotopic (exact) mass is 484 g/mol. The van der Waals surface area contributed by atoms with Crippen LogP contribution in [-0.2, 0) is 28.8 Å². The first-order valence-corrected chi connectivity index (χ1v) is 12.1. The fourth-order valence-corrected chi connectivity index (χ4v) is 4.37. The number of oxazole rings is 1. The molecular formula is C30H32N2O4. The molecule has 0 N–H and O–H groups in total. The lowest BCUT2D eigenvalue weighted by Gasteiger charge is -2.22. The summed E-state index contributed by atoms with van der Waals surface area (Å²) in [6.45, 7) is 8.14. The molecule has 6 heteroatoms. The summed E-state index contributed by atoms with van der Waals surface area (Å²) in [7, 11) is 1.43. The van der Waals surface area contributed by atoms with Crippen LogP contribution in [0, 0.1) is 13.8 Å². The highest BCUT2D eigenvalue weighted by Crippen LogP contribution is 2.29. The van der Waals surface area contributed by atoms with Gasteiger partial charge in [0.25, 0.3) is 0 Å². The molecule has 186 valence electrons. The average molecular weight is 485 g/mol. The summed E-state index contributed by atoms with van der Waals surface area (Å²) >= 11 is 0. The zero-order valence-corrected chi connectivity index (χ0v) is 21.1. The summed E-state index contributed by atoms with van der Waals surface area (Å²) in [5, 5.41) is 0. The molecule has 0 saturated heterocycles. The minimum atomic E-state index is -0.480. The number of ether oxygens (including phenoxy) is 2. The first kappa shape index (κ1) is 25.0. The molecule has 0 amide bonds. The van der Waals surface area contributed by atoms with Crippen LogP contribution in [0.1, 0.15) is 34.6 Å². The number of aryl methyl sites for hydroxylation is 2. The first-order valence-electron chi connectivity index (χ1n) is 12.1. The third-order valence-corrected chi connectivity index (χ3v) is 6.19. The van der Waals surface area contributed by atoms with Crippen LogP contribution in [0.2, 0.25) is 0 Å². The largest absolute Gasteiger partial charge is 0.493 e. The first-order chi connectivity index (χ1) is 17.5. The molecule has 36 heavy (non-hydrogen) atoms. The van der Waals surface area contributed by atoms with E-state index in [0.717, 1.165) is 39.7 Å². The molecule has 0 saturated carbocycles. The molecule has 0 aliphatic carbocycles. The van der Waals surface area contributed by atoms with Gasteiger partial charge in [-0.25, -0.2) is 9.78 Å². The number of methoxy groups -OCH3 is 1. The number of carbonyl (C=O) groups is 1. The number of hydrogen-bond acceptors (Lipinski definition) is 5. The normalized spacial score (nSPS) is 11.8. The molecule has 2 heterocycles. The van der Waals surface area contributed by atoms with E-state index in [9.17, 15) is 4.79 Å². The summed E-state index contributed by atoms with van der Waals surface area (Å²) in [5.41, 5.74) is 4.97. The van der Waals surface area contributed by atoms with Gasteiger partial charge < -0.3 is 18.5 Å². The molecule has 0 fully saturated rings. The molecule has 4 rings (SSSR count). The van der Waals surface area contributed by atoms with Crippen LogP contribution in [0.4, 0.5) is 0 Å². The molecular weight excluding hydrogens is 452 g/mol. The molecule has 2 aromatic carbocycles. The van der Waals surface area contributed by atoms with Gasteiger partial charge in [-0.05, 0) is 49.2 Å². The van der Waals surface area contributed by atoms with Crippen molar-refractivity contribution in [2.24, 2.45) is 0 Å². The van der Waals surface area contributed by atoms with E-state index in [1.165, 1.54) is 7.11 Å². The van der Waals surface area contributed by atoms with Crippen LogP contribution in [-0.4, -0.2) is 29.2 Å². The van der Waals surface area contributed by atoms with Crippen LogP contribution < -0.4 is 4.74 Å². The predicted octanol–water partition coefficient (Wildman–Crippen LogP) is 6.07. The van der Waals surface area contributed by atoms with Crippen LogP contribution in [0.25, 0.3) is 11.3 Å². The molecule has 0 radical (unpaired) electrons. The van der Waals surface area contributed by atoms with Crippen molar-refractivity contribution in [1.29, 1.82) is 0 Å². The summed E-state index contributed by atoms with van der Waals surface area (Å²) in [6, 6.07) is 21.5. The second-order valence-corrected chi connectivity index (χ2v) is 8.68. The second-order valence-electron chi connectivity index (χ2n) is 8.68. The highest BCUT2D eigenvalue weighted by atomic mass is 16.5. The number of aromatic nitrogens is 2. The van der Waals surface area contributed by atoms with Gasteiger partial charge in [0.2, 0.25) is 0 Å². The average Bonchev–Trinajstić information content (AvgIpc) is 3.45. The highest BCUT2D eigenvalue weighted by Gasteiger charge is 2.25. The van der Waals surface area contributed by atoms with E-state index in [4.69, 9.17) is 13.9 Å². The number of carbonyl (C=O) groups excluding carboxylic acids is 1. The maximum Gasteiger partial charge on any atom is 0.329 e. The Bertz CT molecular complexity index is 1300. The van der Waals surface area contributed by atoms with Crippen molar-refractivity contribution in [3.8, 4) is 17.0 Å². The maximum atomic E-state index is 12.9. The van der Waals surface area contributed by atoms with Crippen molar-refractivity contribution < 1.29 is 18.7 Å². The van der Waals surface area contributed by atoms with E-state index in [0.29, 0.717) is 31.8 Å². The van der Waals surface area contributed by atoms with Crippen LogP contribution in [0.15, 0.2) is 83.8 Å². The van der Waals surface area contributed by atoms with Crippen LogP contribution in [0.3, 0.4) is 0 Å². The highest BCUT2D eigenvalue weighted by molar-refractivity contribution is 5.76. The van der Waals surface area contributed by atoms with Crippen molar-refractivity contribution in [2.45, 2.75) is 39.2 Å². The Morgan fingerprint density at radius 1 is 1.08 bits per heavy atom. The fourth-order valence-electron chi connectivity index (χ4n) is 4.37. The summed E-state index contributed by atoms with van der Waals surface area (Å²) in [5.74, 6) is 1.98. The number of benzene rings is 2. The number of rotatable bonds is 11. The van der Waals surface area contributed by atoms with E-state index in [2.05, 4.69) is 22.2 Å². The number of allylic oxidation sites excluding steroid dienone is 1. The minimum absolute atomic E-state index is 0.273. The minimum Gasteiger partial charge on any atom is -0.493 e. The summed E-state index contributed by atoms with van der Waals surface area (Å²) in [4.78, 5) is 17.4. The maximum absolute atomic E-state index is 12.9. The Hall–Kier alpha value is -4.06. The molecule has 1 atom stereocenters. The van der Waals surface area contributed by atoms with Gasteiger partial charge in [-0.1, -0.05) is 48.5 Å². The Labute approximate surface area is 212 Å². The lowest BCUT2D eigenvalue weighted by Crippen LogP contribution is -2.24. The SMILES string of the molecule is C=CCc1nc(CCOc2ccc(CC(C(=O)OC)n3c(C)ccc3-c3ccccc3)cc2)c(C)o1. The third-order valence-electron chi connectivity index (χ3n) is 6.19. The molecule has 0 spiro atoms. The van der Waals surface area contributed by atoms with Gasteiger partial charge in [-0.15, -0.1) is 6.58 Å². The van der Waals surface area contributed by atoms with Crippen molar-refractivity contribution >= 4 is 5.97 Å². The molecule has 0 aliphatic heterocycles. The number of nitrogens with zero attached hydrogens (tertiary/aromatic N) is 2. The molecule has 0 aliphatic rings. The van der Waals surface area contributed by atoms with Crippen molar-refractivity contribution in [1.82, 2.24) is 9.55 Å². The third kappa shape index (κ3) is 5.77. The van der Waals surface area contributed by atoms with E-state index in [1.807, 2.05) is 74.5 Å². The summed E-state index contributed by atoms with van der Waals surface area (Å²) < 4.78 is 18.8. The quantitative estimate of drug-likeness (QED) is 0.191. The molecule has 0 bridgehead atoms. The fraction of sp³-hybridized carbons (Fsp3) is 0.267. The predicted molar refractivity (Wildman–Crippen MR) is 140 cm³/mol. The van der Waals surface area contributed by atoms with E-state index in [-0.39, 0.29) is 5.97 Å². The van der Waals surface area contributed by atoms with Gasteiger partial charge in [-0.3, -0.25) is 0 Å². The van der Waals surface area contributed by atoms with Crippen molar-refractivity contribution in [2.75, 3.05) is 13.7 Å². The molecule has 4 aromatic rings. The van der Waals surface area contributed by atoms with Gasteiger partial charge >= 0.3 is 5.97 Å². The van der Waals surface area contributed by atoms with Crippen molar-refractivity contribution in [3.05, 3.63) is 108 Å². The molecule has 1 unspecified atom stereocenters. The summed E-state index contributed by atoms with van der Waals surface area (Å²) in [6.07, 6.45) is 3.56. The zero-order chi connectivity index (χ0) is 25.5. The Balaban J connectivity index is 1.45. The second kappa shape index (κ2) is 11.6. The van der Waals surface area contributed by atoms with Crippen molar-refractivity contribution in [3.63, 3.8) is 0 Å². The lowest BCUT2D eigenvalue weighted by molar-refractivity contribution is -0.144. The zero-order valence-electron chi connectivity index (χ0n) is 21.1. The Morgan fingerprint density at radius 3 is 2.53 bits per heavy atom. The Morgan fingerprint density at radius 2 is 1.83 bits per heavy atom.